The van der Waals surface area contributed by atoms with Gasteiger partial charge in [0.25, 0.3) is 0 Å². The van der Waals surface area contributed by atoms with Crippen LogP contribution in [0.25, 0.3) is 0 Å². The molecule has 1 saturated heterocycles. The molecule has 0 radical (unpaired) electrons. The fraction of sp³-hybridized carbons (Fsp3) is 1.00. The number of hydrogen-bond donors (Lipinski definition) is 1. The first-order valence-electron chi connectivity index (χ1n) is 6.64. The summed E-state index contributed by atoms with van der Waals surface area (Å²) < 4.78 is 28.0. The lowest BCUT2D eigenvalue weighted by molar-refractivity contribution is -0.435. The summed E-state index contributed by atoms with van der Waals surface area (Å²) in [6.45, 7) is 7.20. The maximum absolute atomic E-state index is 11.2. The second kappa shape index (κ2) is 5.51. The van der Waals surface area contributed by atoms with Gasteiger partial charge in [0.1, 0.15) is 22.9 Å². The van der Waals surface area contributed by atoms with E-state index in [1.165, 1.54) is 21.3 Å². The Hall–Kier alpha value is -0.240. The molecule has 5 unspecified atom stereocenters. The topological polar surface area (TPSA) is 66.4 Å². The molecule has 1 aliphatic rings. The van der Waals surface area contributed by atoms with Crippen molar-refractivity contribution in [1.82, 2.24) is 0 Å². The molecule has 6 heteroatoms. The van der Waals surface area contributed by atoms with Crippen LogP contribution in [0.3, 0.4) is 0 Å². The summed E-state index contributed by atoms with van der Waals surface area (Å²) in [6, 6.07) is 0. The van der Waals surface area contributed by atoms with Gasteiger partial charge in [-0.25, -0.2) is 0 Å². The third-order valence-electron chi connectivity index (χ3n) is 5.28. The molecule has 0 aromatic heterocycles. The molecule has 0 aromatic carbocycles. The van der Waals surface area contributed by atoms with Crippen LogP contribution in [-0.4, -0.2) is 68.8 Å². The third kappa shape index (κ3) is 2.01. The van der Waals surface area contributed by atoms with E-state index >= 15 is 0 Å². The van der Waals surface area contributed by atoms with E-state index in [2.05, 4.69) is 0 Å². The van der Waals surface area contributed by atoms with Crippen molar-refractivity contribution in [2.24, 2.45) is 0 Å². The highest BCUT2D eigenvalue weighted by atomic mass is 16.7. The van der Waals surface area contributed by atoms with Crippen molar-refractivity contribution in [3.05, 3.63) is 0 Å². The maximum Gasteiger partial charge on any atom is 0.197 e. The largest absolute Gasteiger partial charge is 0.384 e. The van der Waals surface area contributed by atoms with Crippen molar-refractivity contribution in [2.45, 2.75) is 56.4 Å². The molecule has 0 amide bonds. The molecule has 20 heavy (non-hydrogen) atoms. The highest BCUT2D eigenvalue weighted by Crippen LogP contribution is 2.52. The zero-order valence-electron chi connectivity index (χ0n) is 13.8. The summed E-state index contributed by atoms with van der Waals surface area (Å²) in [4.78, 5) is 0. The Morgan fingerprint density at radius 2 is 1.50 bits per heavy atom. The van der Waals surface area contributed by atoms with Gasteiger partial charge in [-0.3, -0.25) is 0 Å². The quantitative estimate of drug-likeness (QED) is 0.814. The van der Waals surface area contributed by atoms with Gasteiger partial charge in [-0.1, -0.05) is 0 Å². The van der Waals surface area contributed by atoms with Crippen molar-refractivity contribution < 1.29 is 28.8 Å². The van der Waals surface area contributed by atoms with E-state index in [0.717, 1.165) is 0 Å². The smallest absolute Gasteiger partial charge is 0.197 e. The number of methoxy groups -OCH3 is 4. The van der Waals surface area contributed by atoms with Gasteiger partial charge < -0.3 is 28.8 Å². The van der Waals surface area contributed by atoms with Crippen LogP contribution in [0.15, 0.2) is 0 Å². The molecule has 5 atom stereocenters. The third-order valence-corrected chi connectivity index (χ3v) is 5.28. The van der Waals surface area contributed by atoms with Crippen LogP contribution in [0.1, 0.15) is 27.7 Å². The second-order valence-corrected chi connectivity index (χ2v) is 5.83. The van der Waals surface area contributed by atoms with Crippen molar-refractivity contribution in [3.8, 4) is 0 Å². The van der Waals surface area contributed by atoms with Crippen LogP contribution in [0, 0.1) is 0 Å². The molecule has 1 fully saturated rings. The molecule has 0 bridgehead atoms. The predicted octanol–water partition coefficient (Wildman–Crippen LogP) is 0.955. The summed E-state index contributed by atoms with van der Waals surface area (Å²) in [5, 5.41) is 11.2. The maximum atomic E-state index is 11.2. The lowest BCUT2D eigenvalue weighted by atomic mass is 9.65. The summed E-state index contributed by atoms with van der Waals surface area (Å²) in [5.74, 6) is -1.15. The van der Waals surface area contributed by atoms with Crippen molar-refractivity contribution >= 4 is 0 Å². The first-order valence-corrected chi connectivity index (χ1v) is 6.64. The fourth-order valence-corrected chi connectivity index (χ4v) is 3.03. The molecule has 0 aromatic rings. The van der Waals surface area contributed by atoms with E-state index in [0.29, 0.717) is 0 Å². The van der Waals surface area contributed by atoms with Crippen LogP contribution in [0.5, 0.6) is 0 Å². The zero-order chi connectivity index (χ0) is 15.8. The Kier molecular flexibility index (Phi) is 4.91. The van der Waals surface area contributed by atoms with E-state index in [-0.39, 0.29) is 6.61 Å². The highest BCUT2D eigenvalue weighted by Gasteiger charge is 2.72. The second-order valence-electron chi connectivity index (χ2n) is 5.83. The molecule has 6 nitrogen and oxygen atoms in total. The zero-order valence-corrected chi connectivity index (χ0v) is 13.8. The standard InChI is InChI=1S/C14H28O6/c1-11(17-6)10(9-16-5)20-14(4,19-8)13(3,18-7)12(11,2)15/h10,15H,9H2,1-8H3. The van der Waals surface area contributed by atoms with Gasteiger partial charge in [-0.15, -0.1) is 0 Å². The van der Waals surface area contributed by atoms with Gasteiger partial charge in [-0.2, -0.15) is 0 Å². The van der Waals surface area contributed by atoms with Crippen LogP contribution < -0.4 is 0 Å². The first-order chi connectivity index (χ1) is 9.10. The lowest BCUT2D eigenvalue weighted by Gasteiger charge is -2.63. The van der Waals surface area contributed by atoms with Crippen LogP contribution in [-0.2, 0) is 23.7 Å². The summed E-state index contributed by atoms with van der Waals surface area (Å²) in [5.41, 5.74) is -3.54. The Morgan fingerprint density at radius 1 is 0.950 bits per heavy atom. The van der Waals surface area contributed by atoms with Crippen molar-refractivity contribution in [1.29, 1.82) is 0 Å². The lowest BCUT2D eigenvalue weighted by Crippen LogP contribution is -2.82. The highest BCUT2D eigenvalue weighted by molar-refractivity contribution is 5.19. The molecule has 0 aliphatic carbocycles. The van der Waals surface area contributed by atoms with Crippen LogP contribution >= 0.6 is 0 Å². The average molecular weight is 292 g/mol. The molecule has 120 valence electrons. The molecule has 0 saturated carbocycles. The SMILES string of the molecule is COCC1OC(C)(OC)C(C)(OC)C(C)(O)C1(C)OC. The number of rotatable bonds is 5. The minimum Gasteiger partial charge on any atom is -0.384 e. The summed E-state index contributed by atoms with van der Waals surface area (Å²) >= 11 is 0. The van der Waals surface area contributed by atoms with Gasteiger partial charge in [-0.05, 0) is 27.7 Å². The molecular weight excluding hydrogens is 264 g/mol. The van der Waals surface area contributed by atoms with E-state index < -0.39 is 28.7 Å². The minimum atomic E-state index is -1.38. The molecule has 1 N–H and O–H groups in total. The molecule has 1 aliphatic heterocycles. The summed E-state index contributed by atoms with van der Waals surface area (Å²) in [6.07, 6.45) is -0.513. The van der Waals surface area contributed by atoms with Gasteiger partial charge in [0, 0.05) is 28.4 Å². The fourth-order valence-electron chi connectivity index (χ4n) is 3.03. The van der Waals surface area contributed by atoms with E-state index in [1.54, 1.807) is 34.8 Å². The minimum absolute atomic E-state index is 0.263. The predicted molar refractivity (Wildman–Crippen MR) is 73.6 cm³/mol. The van der Waals surface area contributed by atoms with Gasteiger partial charge >= 0.3 is 0 Å². The van der Waals surface area contributed by atoms with Crippen LogP contribution in [0.4, 0.5) is 0 Å². The van der Waals surface area contributed by atoms with Gasteiger partial charge in [0.2, 0.25) is 0 Å². The Balaban J connectivity index is 3.43. The normalized spacial score (nSPS) is 49.4. The Labute approximate surface area is 121 Å². The molecular formula is C14H28O6. The summed E-state index contributed by atoms with van der Waals surface area (Å²) in [7, 11) is 6.14. The average Bonchev–Trinajstić information content (AvgIpc) is 2.42. The van der Waals surface area contributed by atoms with Gasteiger partial charge in [0.05, 0.1) is 6.61 Å². The number of ether oxygens (including phenoxy) is 5. The number of aliphatic hydroxyl groups is 1. The monoisotopic (exact) mass is 292 g/mol. The molecule has 1 heterocycles. The van der Waals surface area contributed by atoms with Gasteiger partial charge in [0.15, 0.2) is 5.79 Å². The van der Waals surface area contributed by atoms with Crippen molar-refractivity contribution in [3.63, 3.8) is 0 Å². The number of hydrogen-bond acceptors (Lipinski definition) is 6. The Bertz CT molecular complexity index is 347. The van der Waals surface area contributed by atoms with E-state index in [4.69, 9.17) is 23.7 Å². The molecule has 0 spiro atoms. The van der Waals surface area contributed by atoms with E-state index in [1.807, 2.05) is 0 Å². The Morgan fingerprint density at radius 3 is 1.85 bits per heavy atom. The van der Waals surface area contributed by atoms with Crippen molar-refractivity contribution in [2.75, 3.05) is 35.0 Å². The first kappa shape index (κ1) is 17.8. The molecule has 1 rings (SSSR count). The van der Waals surface area contributed by atoms with E-state index in [9.17, 15) is 5.11 Å². The van der Waals surface area contributed by atoms with Crippen LogP contribution in [0.2, 0.25) is 0 Å².